The SMILES string of the molecule is N[C@H]1[C@H](c2ccccc2)[C@H](c2ccccc2)C=C[C@@H]1c1ccccc1. The molecule has 1 nitrogen and oxygen atoms in total. The van der Waals surface area contributed by atoms with E-state index >= 15 is 0 Å². The predicted molar refractivity (Wildman–Crippen MR) is 105 cm³/mol. The molecule has 3 aromatic carbocycles. The lowest BCUT2D eigenvalue weighted by molar-refractivity contribution is 0.439. The van der Waals surface area contributed by atoms with Crippen molar-refractivity contribution in [2.45, 2.75) is 23.8 Å². The van der Waals surface area contributed by atoms with E-state index in [-0.39, 0.29) is 17.9 Å². The average Bonchev–Trinajstić information content (AvgIpc) is 2.70. The van der Waals surface area contributed by atoms with Crippen molar-refractivity contribution in [2.24, 2.45) is 5.73 Å². The third kappa shape index (κ3) is 3.16. The minimum Gasteiger partial charge on any atom is -0.326 e. The van der Waals surface area contributed by atoms with Crippen LogP contribution in [-0.4, -0.2) is 6.04 Å². The molecule has 0 bridgehead atoms. The van der Waals surface area contributed by atoms with Crippen LogP contribution in [0.5, 0.6) is 0 Å². The predicted octanol–water partition coefficient (Wildman–Crippen LogP) is 5.23. The van der Waals surface area contributed by atoms with E-state index in [0.717, 1.165) is 0 Å². The summed E-state index contributed by atoms with van der Waals surface area (Å²) in [7, 11) is 0. The molecule has 1 aliphatic carbocycles. The summed E-state index contributed by atoms with van der Waals surface area (Å²) < 4.78 is 0. The lowest BCUT2D eigenvalue weighted by Gasteiger charge is -2.38. The summed E-state index contributed by atoms with van der Waals surface area (Å²) in [6.45, 7) is 0. The van der Waals surface area contributed by atoms with Gasteiger partial charge < -0.3 is 5.73 Å². The standard InChI is InChI=1S/C24H23N/c25-24-22(19-12-6-2-7-13-19)17-16-21(18-10-4-1-5-11-18)23(24)20-14-8-3-9-15-20/h1-17,21-24H,25H2/t21-,22+,23+,24+/m0/s1. The molecule has 0 amide bonds. The van der Waals surface area contributed by atoms with Crippen LogP contribution in [0.15, 0.2) is 103 Å². The van der Waals surface area contributed by atoms with Gasteiger partial charge in [0.05, 0.1) is 0 Å². The molecule has 0 saturated carbocycles. The van der Waals surface area contributed by atoms with Gasteiger partial charge in [-0.15, -0.1) is 0 Å². The van der Waals surface area contributed by atoms with Gasteiger partial charge in [-0.25, -0.2) is 0 Å². The Labute approximate surface area is 149 Å². The van der Waals surface area contributed by atoms with Crippen molar-refractivity contribution in [3.05, 3.63) is 120 Å². The first-order valence-corrected chi connectivity index (χ1v) is 8.93. The Hall–Kier alpha value is -2.64. The molecule has 0 unspecified atom stereocenters. The zero-order chi connectivity index (χ0) is 17.1. The van der Waals surface area contributed by atoms with Crippen LogP contribution in [0.3, 0.4) is 0 Å². The van der Waals surface area contributed by atoms with Gasteiger partial charge in [-0.3, -0.25) is 0 Å². The fraction of sp³-hybridized carbons (Fsp3) is 0.167. The van der Waals surface area contributed by atoms with E-state index in [1.54, 1.807) is 0 Å². The molecular formula is C24H23N. The van der Waals surface area contributed by atoms with Crippen LogP contribution >= 0.6 is 0 Å². The van der Waals surface area contributed by atoms with Gasteiger partial charge in [0.2, 0.25) is 0 Å². The van der Waals surface area contributed by atoms with Gasteiger partial charge in [0.25, 0.3) is 0 Å². The highest BCUT2D eigenvalue weighted by Crippen LogP contribution is 2.44. The maximum atomic E-state index is 6.86. The summed E-state index contributed by atoms with van der Waals surface area (Å²) in [6, 6.07) is 32.1. The monoisotopic (exact) mass is 325 g/mol. The topological polar surface area (TPSA) is 26.0 Å². The Kier molecular flexibility index (Phi) is 4.49. The van der Waals surface area contributed by atoms with Gasteiger partial charge in [-0.05, 0) is 16.7 Å². The second-order valence-electron chi connectivity index (χ2n) is 6.77. The summed E-state index contributed by atoms with van der Waals surface area (Å²) in [5, 5.41) is 0. The first-order valence-electron chi connectivity index (χ1n) is 8.93. The summed E-state index contributed by atoms with van der Waals surface area (Å²) >= 11 is 0. The third-order valence-electron chi connectivity index (χ3n) is 5.30. The van der Waals surface area contributed by atoms with Crippen LogP contribution in [0.25, 0.3) is 0 Å². The quantitative estimate of drug-likeness (QED) is 0.655. The highest BCUT2D eigenvalue weighted by atomic mass is 14.7. The number of nitrogens with two attached hydrogens (primary N) is 1. The second kappa shape index (κ2) is 7.08. The summed E-state index contributed by atoms with van der Waals surface area (Å²) in [6.07, 6.45) is 4.66. The maximum absolute atomic E-state index is 6.86. The Morgan fingerprint density at radius 1 is 0.480 bits per heavy atom. The fourth-order valence-corrected chi connectivity index (χ4v) is 4.06. The van der Waals surface area contributed by atoms with Crippen LogP contribution in [0.1, 0.15) is 34.4 Å². The first-order chi connectivity index (χ1) is 12.3. The van der Waals surface area contributed by atoms with E-state index in [4.69, 9.17) is 5.73 Å². The average molecular weight is 325 g/mol. The molecular weight excluding hydrogens is 302 g/mol. The van der Waals surface area contributed by atoms with E-state index < -0.39 is 0 Å². The minimum absolute atomic E-state index is 0.0417. The molecule has 3 aromatic rings. The summed E-state index contributed by atoms with van der Waals surface area (Å²) in [5.41, 5.74) is 10.8. The number of allylic oxidation sites excluding steroid dienone is 1. The van der Waals surface area contributed by atoms with Crippen molar-refractivity contribution in [1.82, 2.24) is 0 Å². The van der Waals surface area contributed by atoms with Gasteiger partial charge in [-0.1, -0.05) is 103 Å². The normalized spacial score (nSPS) is 25.6. The van der Waals surface area contributed by atoms with E-state index in [1.807, 2.05) is 0 Å². The van der Waals surface area contributed by atoms with Crippen LogP contribution in [0, 0.1) is 0 Å². The zero-order valence-electron chi connectivity index (χ0n) is 14.2. The van der Waals surface area contributed by atoms with Crippen LogP contribution < -0.4 is 5.73 Å². The van der Waals surface area contributed by atoms with Crippen molar-refractivity contribution in [2.75, 3.05) is 0 Å². The molecule has 0 saturated heterocycles. The Bertz CT molecular complexity index is 824. The third-order valence-corrected chi connectivity index (χ3v) is 5.30. The van der Waals surface area contributed by atoms with Gasteiger partial charge in [-0.2, -0.15) is 0 Å². The lowest BCUT2D eigenvalue weighted by atomic mass is 9.68. The maximum Gasteiger partial charge on any atom is 0.0221 e. The molecule has 0 fully saturated rings. The van der Waals surface area contributed by atoms with Crippen LogP contribution in [0.4, 0.5) is 0 Å². The van der Waals surface area contributed by atoms with Crippen LogP contribution in [0.2, 0.25) is 0 Å². The summed E-state index contributed by atoms with van der Waals surface area (Å²) in [5.74, 6) is 0.809. The fourth-order valence-electron chi connectivity index (χ4n) is 4.06. The lowest BCUT2D eigenvalue weighted by Crippen LogP contribution is -2.39. The number of rotatable bonds is 3. The molecule has 0 spiro atoms. The Balaban J connectivity index is 1.79. The van der Waals surface area contributed by atoms with Gasteiger partial charge in [0.15, 0.2) is 0 Å². The molecule has 2 N–H and O–H groups in total. The number of benzene rings is 3. The molecule has 0 radical (unpaired) electrons. The van der Waals surface area contributed by atoms with Crippen molar-refractivity contribution in [3.63, 3.8) is 0 Å². The second-order valence-corrected chi connectivity index (χ2v) is 6.77. The Morgan fingerprint density at radius 3 is 1.40 bits per heavy atom. The highest BCUT2D eigenvalue weighted by Gasteiger charge is 2.36. The van der Waals surface area contributed by atoms with Crippen molar-refractivity contribution in [1.29, 1.82) is 0 Å². The first kappa shape index (κ1) is 15.9. The number of hydrogen-bond donors (Lipinski definition) is 1. The van der Waals surface area contributed by atoms with E-state index in [1.165, 1.54) is 16.7 Å². The van der Waals surface area contributed by atoms with Gasteiger partial charge >= 0.3 is 0 Å². The van der Waals surface area contributed by atoms with Crippen molar-refractivity contribution >= 4 is 0 Å². The molecule has 1 heteroatoms. The molecule has 1 aliphatic rings. The van der Waals surface area contributed by atoms with Crippen molar-refractivity contribution < 1.29 is 0 Å². The highest BCUT2D eigenvalue weighted by molar-refractivity contribution is 5.40. The molecule has 25 heavy (non-hydrogen) atoms. The van der Waals surface area contributed by atoms with E-state index in [2.05, 4.69) is 103 Å². The molecule has 0 aliphatic heterocycles. The minimum atomic E-state index is 0.0417. The molecule has 124 valence electrons. The van der Waals surface area contributed by atoms with Gasteiger partial charge in [0.1, 0.15) is 0 Å². The largest absolute Gasteiger partial charge is 0.326 e. The molecule has 0 aromatic heterocycles. The summed E-state index contributed by atoms with van der Waals surface area (Å²) in [4.78, 5) is 0. The molecule has 4 rings (SSSR count). The van der Waals surface area contributed by atoms with Gasteiger partial charge in [0, 0.05) is 23.8 Å². The number of hydrogen-bond acceptors (Lipinski definition) is 1. The molecule has 0 heterocycles. The molecule has 4 atom stereocenters. The van der Waals surface area contributed by atoms with Crippen molar-refractivity contribution in [3.8, 4) is 0 Å². The van der Waals surface area contributed by atoms with E-state index in [9.17, 15) is 0 Å². The van der Waals surface area contributed by atoms with Crippen LogP contribution in [-0.2, 0) is 0 Å². The zero-order valence-corrected chi connectivity index (χ0v) is 14.2. The van der Waals surface area contributed by atoms with E-state index in [0.29, 0.717) is 5.92 Å². The Morgan fingerprint density at radius 2 is 0.880 bits per heavy atom. The smallest absolute Gasteiger partial charge is 0.0221 e.